The molecule has 0 aliphatic carbocycles. The van der Waals surface area contributed by atoms with Gasteiger partial charge in [-0.15, -0.1) is 0 Å². The van der Waals surface area contributed by atoms with E-state index in [0.717, 1.165) is 24.1 Å². The second kappa shape index (κ2) is 3.96. The van der Waals surface area contributed by atoms with Crippen molar-refractivity contribution in [3.63, 3.8) is 0 Å². The highest BCUT2D eigenvalue weighted by Gasteiger charge is 2.17. The minimum atomic E-state index is 0.0509. The molecule has 0 unspecified atom stereocenters. The standard InChI is InChI=1S/C11H16N2O/c1-8-6-9(11(14)13-7-8)10-4-2-3-5-12-10/h6-7,10,12H,2-5H2,1H3,(H,13,14)/t10-/m0/s1. The Bertz CT molecular complexity index is 364. The number of aryl methyl sites for hydroxylation is 1. The molecule has 0 bridgehead atoms. The van der Waals surface area contributed by atoms with Gasteiger partial charge in [-0.25, -0.2) is 0 Å². The van der Waals surface area contributed by atoms with Crippen molar-refractivity contribution in [3.05, 3.63) is 33.7 Å². The maximum Gasteiger partial charge on any atom is 0.252 e. The molecule has 2 heterocycles. The van der Waals surface area contributed by atoms with Gasteiger partial charge in [0, 0.05) is 17.8 Å². The number of rotatable bonds is 1. The number of hydrogen-bond acceptors (Lipinski definition) is 2. The molecule has 0 aromatic carbocycles. The molecule has 1 aromatic heterocycles. The second-order valence-corrected chi connectivity index (χ2v) is 3.96. The van der Waals surface area contributed by atoms with Crippen LogP contribution in [0.1, 0.15) is 36.4 Å². The van der Waals surface area contributed by atoms with Crippen LogP contribution in [-0.4, -0.2) is 11.5 Å². The van der Waals surface area contributed by atoms with Crippen LogP contribution in [0.4, 0.5) is 0 Å². The highest BCUT2D eigenvalue weighted by molar-refractivity contribution is 5.20. The first-order valence-electron chi connectivity index (χ1n) is 5.20. The molecule has 0 saturated carbocycles. The van der Waals surface area contributed by atoms with Gasteiger partial charge in [-0.3, -0.25) is 4.79 Å². The van der Waals surface area contributed by atoms with E-state index in [0.29, 0.717) is 0 Å². The van der Waals surface area contributed by atoms with Gasteiger partial charge in [0.25, 0.3) is 5.56 Å². The van der Waals surface area contributed by atoms with Gasteiger partial charge in [-0.05, 0) is 37.9 Å². The van der Waals surface area contributed by atoms with Crippen LogP contribution >= 0.6 is 0 Å². The summed E-state index contributed by atoms with van der Waals surface area (Å²) >= 11 is 0. The van der Waals surface area contributed by atoms with E-state index in [1.165, 1.54) is 12.8 Å². The summed E-state index contributed by atoms with van der Waals surface area (Å²) in [6.07, 6.45) is 5.27. The fourth-order valence-electron chi connectivity index (χ4n) is 1.99. The number of aromatic nitrogens is 1. The Kier molecular flexibility index (Phi) is 2.68. The lowest BCUT2D eigenvalue weighted by Gasteiger charge is -2.23. The zero-order valence-corrected chi connectivity index (χ0v) is 8.47. The van der Waals surface area contributed by atoms with E-state index in [4.69, 9.17) is 0 Å². The minimum absolute atomic E-state index is 0.0509. The van der Waals surface area contributed by atoms with Gasteiger partial charge in [0.15, 0.2) is 0 Å². The summed E-state index contributed by atoms with van der Waals surface area (Å²) < 4.78 is 0. The predicted molar refractivity (Wildman–Crippen MR) is 56.4 cm³/mol. The highest BCUT2D eigenvalue weighted by Crippen LogP contribution is 2.20. The maximum atomic E-state index is 11.6. The van der Waals surface area contributed by atoms with Crippen LogP contribution in [0.2, 0.25) is 0 Å². The summed E-state index contributed by atoms with van der Waals surface area (Å²) in [7, 11) is 0. The molecule has 14 heavy (non-hydrogen) atoms. The zero-order valence-electron chi connectivity index (χ0n) is 8.47. The Morgan fingerprint density at radius 1 is 1.43 bits per heavy atom. The van der Waals surface area contributed by atoms with Crippen molar-refractivity contribution in [2.45, 2.75) is 32.2 Å². The van der Waals surface area contributed by atoms with Crippen molar-refractivity contribution in [2.75, 3.05) is 6.54 Å². The number of pyridine rings is 1. The summed E-state index contributed by atoms with van der Waals surface area (Å²) in [6.45, 7) is 3.03. The number of nitrogens with one attached hydrogen (secondary N) is 2. The highest BCUT2D eigenvalue weighted by atomic mass is 16.1. The summed E-state index contributed by atoms with van der Waals surface area (Å²) in [5.41, 5.74) is 2.06. The average Bonchev–Trinajstić information content (AvgIpc) is 2.23. The third-order valence-electron chi connectivity index (χ3n) is 2.76. The minimum Gasteiger partial charge on any atom is -0.329 e. The predicted octanol–water partition coefficient (Wildman–Crippen LogP) is 1.50. The van der Waals surface area contributed by atoms with Gasteiger partial charge < -0.3 is 10.3 Å². The summed E-state index contributed by atoms with van der Waals surface area (Å²) in [6, 6.07) is 2.24. The van der Waals surface area contributed by atoms with Crippen LogP contribution in [0.15, 0.2) is 17.1 Å². The molecule has 1 aliphatic rings. The molecule has 0 radical (unpaired) electrons. The Hall–Kier alpha value is -1.09. The van der Waals surface area contributed by atoms with E-state index < -0.39 is 0 Å². The van der Waals surface area contributed by atoms with E-state index in [9.17, 15) is 4.79 Å². The fraction of sp³-hybridized carbons (Fsp3) is 0.545. The summed E-state index contributed by atoms with van der Waals surface area (Å²) in [5.74, 6) is 0. The van der Waals surface area contributed by atoms with Crippen LogP contribution in [-0.2, 0) is 0 Å². The Morgan fingerprint density at radius 2 is 2.29 bits per heavy atom. The molecule has 3 nitrogen and oxygen atoms in total. The normalized spacial score (nSPS) is 22.2. The fourth-order valence-corrected chi connectivity index (χ4v) is 1.99. The Morgan fingerprint density at radius 3 is 3.00 bits per heavy atom. The largest absolute Gasteiger partial charge is 0.329 e. The Balaban J connectivity index is 2.29. The van der Waals surface area contributed by atoms with Gasteiger partial charge in [0.2, 0.25) is 0 Å². The molecule has 2 N–H and O–H groups in total. The van der Waals surface area contributed by atoms with Crippen molar-refractivity contribution in [2.24, 2.45) is 0 Å². The van der Waals surface area contributed by atoms with E-state index in [1.807, 2.05) is 13.0 Å². The first-order chi connectivity index (χ1) is 6.77. The van der Waals surface area contributed by atoms with Crippen LogP contribution in [0, 0.1) is 6.92 Å². The first-order valence-corrected chi connectivity index (χ1v) is 5.20. The van der Waals surface area contributed by atoms with Crippen molar-refractivity contribution in [3.8, 4) is 0 Å². The molecule has 0 spiro atoms. The molecule has 0 amide bonds. The monoisotopic (exact) mass is 192 g/mol. The van der Waals surface area contributed by atoms with Crippen LogP contribution in [0.5, 0.6) is 0 Å². The molecule has 2 rings (SSSR count). The second-order valence-electron chi connectivity index (χ2n) is 3.96. The van der Waals surface area contributed by atoms with Crippen LogP contribution < -0.4 is 10.9 Å². The van der Waals surface area contributed by atoms with E-state index in [2.05, 4.69) is 10.3 Å². The van der Waals surface area contributed by atoms with Gasteiger partial charge in [0.1, 0.15) is 0 Å². The smallest absolute Gasteiger partial charge is 0.252 e. The first kappa shape index (κ1) is 9.46. The number of aromatic amines is 1. The maximum absolute atomic E-state index is 11.6. The Labute approximate surface area is 83.5 Å². The van der Waals surface area contributed by atoms with Gasteiger partial charge in [-0.2, -0.15) is 0 Å². The van der Waals surface area contributed by atoms with Crippen molar-refractivity contribution < 1.29 is 0 Å². The molecule has 1 saturated heterocycles. The van der Waals surface area contributed by atoms with Gasteiger partial charge >= 0.3 is 0 Å². The van der Waals surface area contributed by atoms with E-state index in [1.54, 1.807) is 6.20 Å². The third kappa shape index (κ3) is 1.87. The quantitative estimate of drug-likeness (QED) is 0.708. The number of piperidine rings is 1. The SMILES string of the molecule is Cc1c[nH]c(=O)c([C@@H]2CCCCN2)c1. The van der Waals surface area contributed by atoms with Crippen LogP contribution in [0.25, 0.3) is 0 Å². The summed E-state index contributed by atoms with van der Waals surface area (Å²) in [5, 5.41) is 3.38. The number of hydrogen-bond donors (Lipinski definition) is 2. The molecule has 1 aliphatic heterocycles. The molecule has 1 fully saturated rings. The molecule has 76 valence electrons. The topological polar surface area (TPSA) is 44.9 Å². The zero-order chi connectivity index (χ0) is 9.97. The summed E-state index contributed by atoms with van der Waals surface area (Å²) in [4.78, 5) is 14.3. The third-order valence-corrected chi connectivity index (χ3v) is 2.76. The molecule has 3 heteroatoms. The lowest BCUT2D eigenvalue weighted by molar-refractivity contribution is 0.409. The van der Waals surface area contributed by atoms with Gasteiger partial charge in [-0.1, -0.05) is 6.42 Å². The van der Waals surface area contributed by atoms with Crippen LogP contribution in [0.3, 0.4) is 0 Å². The lowest BCUT2D eigenvalue weighted by Crippen LogP contribution is -2.31. The lowest BCUT2D eigenvalue weighted by atomic mass is 9.98. The van der Waals surface area contributed by atoms with Crippen molar-refractivity contribution >= 4 is 0 Å². The molecular weight excluding hydrogens is 176 g/mol. The van der Waals surface area contributed by atoms with E-state index in [-0.39, 0.29) is 11.6 Å². The average molecular weight is 192 g/mol. The molecular formula is C11H16N2O. The molecule has 1 aromatic rings. The molecule has 1 atom stereocenters. The van der Waals surface area contributed by atoms with E-state index >= 15 is 0 Å². The number of H-pyrrole nitrogens is 1. The van der Waals surface area contributed by atoms with Gasteiger partial charge in [0.05, 0.1) is 0 Å². The van der Waals surface area contributed by atoms with Crippen molar-refractivity contribution in [1.82, 2.24) is 10.3 Å². The van der Waals surface area contributed by atoms with Crippen molar-refractivity contribution in [1.29, 1.82) is 0 Å².